The molecule has 1 fully saturated rings. The highest BCUT2D eigenvalue weighted by Crippen LogP contribution is 2.37. The number of rotatable bonds is 5. The molecule has 6 nitrogen and oxygen atoms in total. The fraction of sp³-hybridized carbons (Fsp3) is 0.375. The third-order valence-electron chi connectivity index (χ3n) is 6.25. The molecule has 0 spiro atoms. The molecule has 2 aromatic carbocycles. The lowest BCUT2D eigenvalue weighted by Gasteiger charge is -2.30. The molecule has 35 heavy (non-hydrogen) atoms. The number of benzene rings is 2. The molecule has 2 unspecified atom stereocenters. The van der Waals surface area contributed by atoms with E-state index in [4.69, 9.17) is 5.73 Å². The Morgan fingerprint density at radius 3 is 2.63 bits per heavy atom. The van der Waals surface area contributed by atoms with E-state index in [0.717, 1.165) is 12.1 Å². The smallest absolute Gasteiger partial charge is 0.379 e. The van der Waals surface area contributed by atoms with E-state index in [0.29, 0.717) is 34.2 Å². The Morgan fingerprint density at radius 2 is 1.97 bits per heavy atom. The third kappa shape index (κ3) is 5.61. The number of carbonyl (C=O) groups excluding carboxylic acids is 2. The summed E-state index contributed by atoms with van der Waals surface area (Å²) in [5.74, 6) is -1.05. The molecule has 0 bridgehead atoms. The number of thioether (sulfide) groups is 1. The maximum atomic E-state index is 14.6. The molecular formula is C24H24F4N4O2S. The van der Waals surface area contributed by atoms with E-state index in [2.05, 4.69) is 10.3 Å². The lowest BCUT2D eigenvalue weighted by molar-refractivity contribution is -0.137. The summed E-state index contributed by atoms with van der Waals surface area (Å²) in [6.45, 7) is 2.03. The van der Waals surface area contributed by atoms with Crippen LogP contribution < -0.4 is 11.1 Å². The van der Waals surface area contributed by atoms with Crippen molar-refractivity contribution < 1.29 is 27.2 Å². The predicted molar refractivity (Wildman–Crippen MR) is 126 cm³/mol. The number of nitrogens with two attached hydrogens (primary N) is 1. The van der Waals surface area contributed by atoms with Gasteiger partial charge in [0.15, 0.2) is 5.17 Å². The van der Waals surface area contributed by atoms with Gasteiger partial charge in [0.2, 0.25) is 11.8 Å². The highest BCUT2D eigenvalue weighted by atomic mass is 32.2. The molecule has 2 aromatic rings. The summed E-state index contributed by atoms with van der Waals surface area (Å²) in [5, 5.41) is 3.13. The predicted octanol–water partition coefficient (Wildman–Crippen LogP) is 4.50. The maximum Gasteiger partial charge on any atom is 0.416 e. The minimum absolute atomic E-state index is 0.0176. The average Bonchev–Trinajstić information content (AvgIpc) is 3.15. The number of aliphatic imine (C=N–C) groups is 1. The van der Waals surface area contributed by atoms with Crippen molar-refractivity contribution in [1.29, 1.82) is 0 Å². The zero-order valence-corrected chi connectivity index (χ0v) is 19.7. The zero-order chi connectivity index (χ0) is 25.4. The summed E-state index contributed by atoms with van der Waals surface area (Å²) < 4.78 is 52.9. The highest BCUT2D eigenvalue weighted by molar-refractivity contribution is 8.13. The van der Waals surface area contributed by atoms with Gasteiger partial charge in [0.1, 0.15) is 5.82 Å². The Kier molecular flexibility index (Phi) is 6.81. The lowest BCUT2D eigenvalue weighted by Crippen LogP contribution is -2.30. The van der Waals surface area contributed by atoms with Crippen LogP contribution in [-0.4, -0.2) is 34.2 Å². The van der Waals surface area contributed by atoms with Gasteiger partial charge in [0.25, 0.3) is 0 Å². The Morgan fingerprint density at radius 1 is 1.26 bits per heavy atom. The molecule has 0 aliphatic carbocycles. The minimum Gasteiger partial charge on any atom is -0.379 e. The largest absolute Gasteiger partial charge is 0.416 e. The number of amides is 2. The van der Waals surface area contributed by atoms with Crippen LogP contribution in [0.1, 0.15) is 36.5 Å². The summed E-state index contributed by atoms with van der Waals surface area (Å²) in [6, 6.07) is 8.83. The number of anilines is 1. The molecule has 2 atom stereocenters. The van der Waals surface area contributed by atoms with Gasteiger partial charge in [-0.25, -0.2) is 4.39 Å². The number of nitrogens with zero attached hydrogens (tertiary/aromatic N) is 2. The average molecular weight is 509 g/mol. The Hall–Kier alpha value is -3.08. The van der Waals surface area contributed by atoms with Crippen LogP contribution in [0.15, 0.2) is 47.5 Å². The van der Waals surface area contributed by atoms with Crippen molar-refractivity contribution in [2.75, 3.05) is 17.6 Å². The first-order valence-corrected chi connectivity index (χ1v) is 12.0. The molecular weight excluding hydrogens is 484 g/mol. The number of halogens is 4. The van der Waals surface area contributed by atoms with Crippen molar-refractivity contribution in [2.45, 2.75) is 38.0 Å². The molecule has 0 aromatic heterocycles. The van der Waals surface area contributed by atoms with Crippen LogP contribution in [0, 0.1) is 11.7 Å². The molecule has 11 heteroatoms. The normalized spacial score (nSPS) is 22.8. The second-order valence-electron chi connectivity index (χ2n) is 8.88. The summed E-state index contributed by atoms with van der Waals surface area (Å²) in [4.78, 5) is 31.2. The van der Waals surface area contributed by atoms with Gasteiger partial charge in [-0.3, -0.25) is 14.6 Å². The maximum absolute atomic E-state index is 14.6. The fourth-order valence-corrected chi connectivity index (χ4v) is 5.24. The molecule has 0 radical (unpaired) electrons. The number of hydrogen-bond donors (Lipinski definition) is 2. The highest BCUT2D eigenvalue weighted by Gasteiger charge is 2.36. The van der Waals surface area contributed by atoms with Crippen molar-refractivity contribution in [3.05, 3.63) is 65.0 Å². The van der Waals surface area contributed by atoms with Gasteiger partial charge in [-0.15, -0.1) is 0 Å². The van der Waals surface area contributed by atoms with E-state index < -0.39 is 34.9 Å². The third-order valence-corrected chi connectivity index (χ3v) is 7.05. The van der Waals surface area contributed by atoms with Gasteiger partial charge in [-0.05, 0) is 49.2 Å². The Labute approximate surface area is 204 Å². The summed E-state index contributed by atoms with van der Waals surface area (Å²) in [5.41, 5.74) is 5.47. The monoisotopic (exact) mass is 508 g/mol. The first-order valence-electron chi connectivity index (χ1n) is 11.0. The van der Waals surface area contributed by atoms with Crippen LogP contribution in [0.4, 0.5) is 23.2 Å². The minimum atomic E-state index is -4.43. The van der Waals surface area contributed by atoms with Crippen molar-refractivity contribution >= 4 is 34.4 Å². The van der Waals surface area contributed by atoms with Gasteiger partial charge >= 0.3 is 6.18 Å². The number of carbonyl (C=O) groups is 2. The van der Waals surface area contributed by atoms with Crippen LogP contribution >= 0.6 is 11.8 Å². The fourth-order valence-electron chi connectivity index (χ4n) is 4.26. The Bertz CT molecular complexity index is 1170. The van der Waals surface area contributed by atoms with Crippen LogP contribution in [0.25, 0.3) is 0 Å². The van der Waals surface area contributed by atoms with Crippen LogP contribution in [0.3, 0.4) is 0 Å². The molecule has 2 heterocycles. The van der Waals surface area contributed by atoms with Crippen molar-refractivity contribution in [1.82, 2.24) is 4.90 Å². The SMILES string of the molecule is CC1(c2cc(NC(=O)C3CC(=O)N(Cc4ccc(C(F)(F)F)cc4)C3)ccc2F)CCSC(N)=N1. The summed E-state index contributed by atoms with van der Waals surface area (Å²) in [6.07, 6.45) is -3.86. The van der Waals surface area contributed by atoms with Crippen molar-refractivity contribution in [3.63, 3.8) is 0 Å². The second kappa shape index (κ2) is 9.52. The first kappa shape index (κ1) is 25.0. The van der Waals surface area contributed by atoms with Crippen molar-refractivity contribution in [2.24, 2.45) is 16.6 Å². The Balaban J connectivity index is 1.42. The van der Waals surface area contributed by atoms with Crippen molar-refractivity contribution in [3.8, 4) is 0 Å². The second-order valence-corrected chi connectivity index (χ2v) is 9.99. The molecule has 2 aliphatic heterocycles. The zero-order valence-electron chi connectivity index (χ0n) is 18.9. The number of alkyl halides is 3. The number of likely N-dealkylation sites (tertiary alicyclic amines) is 1. The number of nitrogens with one attached hydrogen (secondary N) is 1. The molecule has 2 aliphatic rings. The molecule has 0 saturated carbocycles. The van der Waals surface area contributed by atoms with E-state index in [-0.39, 0.29) is 25.4 Å². The molecule has 186 valence electrons. The van der Waals surface area contributed by atoms with E-state index in [1.807, 2.05) is 0 Å². The van der Waals surface area contributed by atoms with Crippen LogP contribution in [0.2, 0.25) is 0 Å². The van der Waals surface area contributed by atoms with Gasteiger partial charge < -0.3 is 16.0 Å². The van der Waals surface area contributed by atoms with Gasteiger partial charge in [-0.1, -0.05) is 23.9 Å². The molecule has 3 N–H and O–H groups in total. The molecule has 1 saturated heterocycles. The number of amidine groups is 1. The van der Waals surface area contributed by atoms with Crippen LogP contribution in [-0.2, 0) is 27.8 Å². The topological polar surface area (TPSA) is 87.8 Å². The lowest BCUT2D eigenvalue weighted by atomic mass is 9.89. The van der Waals surface area contributed by atoms with Gasteiger partial charge in [-0.2, -0.15) is 13.2 Å². The molecule has 4 rings (SSSR count). The van der Waals surface area contributed by atoms with E-state index in [9.17, 15) is 27.2 Å². The standard InChI is InChI=1S/C24H24F4N4O2S/c1-23(8-9-35-22(29)31-23)18-11-17(6-7-19(18)25)30-21(34)15-10-20(33)32(13-15)12-14-2-4-16(5-3-14)24(26,27)28/h2-7,11,15H,8-10,12-13H2,1H3,(H2,29,31)(H,30,34). The molecule has 2 amide bonds. The first-order chi connectivity index (χ1) is 16.4. The van der Waals surface area contributed by atoms with Gasteiger partial charge in [0.05, 0.1) is 17.0 Å². The summed E-state index contributed by atoms with van der Waals surface area (Å²) >= 11 is 1.40. The van der Waals surface area contributed by atoms with E-state index >= 15 is 0 Å². The quantitative estimate of drug-likeness (QED) is 0.583. The van der Waals surface area contributed by atoms with E-state index in [1.165, 1.54) is 47.0 Å². The van der Waals surface area contributed by atoms with Crippen LogP contribution in [0.5, 0.6) is 0 Å². The van der Waals surface area contributed by atoms with Gasteiger partial charge in [0, 0.05) is 36.5 Å². The van der Waals surface area contributed by atoms with E-state index in [1.54, 1.807) is 6.92 Å². The number of hydrogen-bond acceptors (Lipinski definition) is 5. The summed E-state index contributed by atoms with van der Waals surface area (Å²) in [7, 11) is 0.